The van der Waals surface area contributed by atoms with E-state index in [1.54, 1.807) is 37.4 Å². The number of rotatable bonds is 5. The molecule has 6 nitrogen and oxygen atoms in total. The van der Waals surface area contributed by atoms with Gasteiger partial charge in [0.15, 0.2) is 5.76 Å². The molecule has 0 fully saturated rings. The van der Waals surface area contributed by atoms with Crippen LogP contribution < -0.4 is 4.72 Å². The van der Waals surface area contributed by atoms with Crippen molar-refractivity contribution in [3.8, 4) is 11.3 Å². The van der Waals surface area contributed by atoms with E-state index in [0.29, 0.717) is 5.69 Å². The zero-order valence-electron chi connectivity index (χ0n) is 12.6. The number of aromatic nitrogens is 2. The van der Waals surface area contributed by atoms with Gasteiger partial charge in [-0.2, -0.15) is 11.3 Å². The van der Waals surface area contributed by atoms with Gasteiger partial charge in [0.2, 0.25) is 10.0 Å². The highest BCUT2D eigenvalue weighted by atomic mass is 32.2. The summed E-state index contributed by atoms with van der Waals surface area (Å²) in [6.07, 6.45) is 1.67. The molecule has 3 aromatic rings. The van der Waals surface area contributed by atoms with Crippen molar-refractivity contribution in [2.75, 3.05) is 0 Å². The Morgan fingerprint density at radius 2 is 2.13 bits per heavy atom. The largest absolute Gasteiger partial charge is 0.360 e. The summed E-state index contributed by atoms with van der Waals surface area (Å²) in [5.74, 6) is 0.281. The highest BCUT2D eigenvalue weighted by molar-refractivity contribution is 7.89. The van der Waals surface area contributed by atoms with Gasteiger partial charge in [-0.05, 0) is 43.0 Å². The second-order valence-corrected chi connectivity index (χ2v) is 7.52. The van der Waals surface area contributed by atoms with E-state index in [2.05, 4.69) is 14.9 Å². The molecule has 0 atom stereocenters. The number of thiophene rings is 1. The van der Waals surface area contributed by atoms with Crippen LogP contribution in [0.2, 0.25) is 0 Å². The fraction of sp³-hybridized carbons (Fsp3) is 0.200. The standard InChI is InChI=1S/C15H15N3O3S2/c1-10-15(11(2)21-18-10)23(19,20)17-8-12-3-5-16-14(7-12)13-4-6-22-9-13/h3-7,9,17H,8H2,1-2H3. The number of hydrogen-bond acceptors (Lipinski definition) is 6. The highest BCUT2D eigenvalue weighted by Gasteiger charge is 2.23. The van der Waals surface area contributed by atoms with Gasteiger partial charge in [0.25, 0.3) is 0 Å². The van der Waals surface area contributed by atoms with Crippen molar-refractivity contribution >= 4 is 21.4 Å². The van der Waals surface area contributed by atoms with Crippen molar-refractivity contribution in [1.29, 1.82) is 0 Å². The summed E-state index contributed by atoms with van der Waals surface area (Å²) in [7, 11) is -3.67. The van der Waals surface area contributed by atoms with E-state index in [1.807, 2.05) is 22.9 Å². The van der Waals surface area contributed by atoms with Crippen molar-refractivity contribution < 1.29 is 12.9 Å². The topological polar surface area (TPSA) is 85.1 Å². The van der Waals surface area contributed by atoms with Crippen LogP contribution in [-0.2, 0) is 16.6 Å². The van der Waals surface area contributed by atoms with Crippen LogP contribution in [0.3, 0.4) is 0 Å². The summed E-state index contributed by atoms with van der Waals surface area (Å²) in [6.45, 7) is 3.36. The molecule has 0 aliphatic carbocycles. The van der Waals surface area contributed by atoms with Crippen LogP contribution >= 0.6 is 11.3 Å². The van der Waals surface area contributed by atoms with E-state index >= 15 is 0 Å². The smallest absolute Gasteiger partial charge is 0.246 e. The number of nitrogens with zero attached hydrogens (tertiary/aromatic N) is 2. The molecule has 0 radical (unpaired) electrons. The van der Waals surface area contributed by atoms with Gasteiger partial charge >= 0.3 is 0 Å². The van der Waals surface area contributed by atoms with E-state index < -0.39 is 10.0 Å². The Kier molecular flexibility index (Phi) is 4.29. The minimum atomic E-state index is -3.67. The molecule has 1 N–H and O–H groups in total. The zero-order chi connectivity index (χ0) is 16.4. The summed E-state index contributed by atoms with van der Waals surface area (Å²) in [4.78, 5) is 4.41. The summed E-state index contributed by atoms with van der Waals surface area (Å²) >= 11 is 1.59. The average Bonchev–Trinajstić information content (AvgIpc) is 3.16. The van der Waals surface area contributed by atoms with Gasteiger partial charge in [0.1, 0.15) is 10.6 Å². The molecule has 0 aliphatic heterocycles. The number of nitrogens with one attached hydrogen (secondary N) is 1. The molecule has 3 rings (SSSR count). The number of pyridine rings is 1. The van der Waals surface area contributed by atoms with Gasteiger partial charge in [-0.25, -0.2) is 13.1 Å². The fourth-order valence-corrected chi connectivity index (χ4v) is 4.25. The molecule has 0 aliphatic rings. The Balaban J connectivity index is 1.80. The molecule has 3 heterocycles. The van der Waals surface area contributed by atoms with Crippen molar-refractivity contribution in [2.45, 2.75) is 25.3 Å². The lowest BCUT2D eigenvalue weighted by molar-refractivity contribution is 0.390. The predicted octanol–water partition coefficient (Wildman–Crippen LogP) is 2.89. The minimum Gasteiger partial charge on any atom is -0.360 e. The van der Waals surface area contributed by atoms with E-state index in [9.17, 15) is 8.42 Å². The fourth-order valence-electron chi connectivity index (χ4n) is 2.26. The predicted molar refractivity (Wildman–Crippen MR) is 87.6 cm³/mol. The Morgan fingerprint density at radius 1 is 1.30 bits per heavy atom. The molecule has 23 heavy (non-hydrogen) atoms. The van der Waals surface area contributed by atoms with Crippen molar-refractivity contribution in [3.05, 3.63) is 52.2 Å². The molecule has 3 aromatic heterocycles. The van der Waals surface area contributed by atoms with Crippen LogP contribution in [0.1, 0.15) is 17.0 Å². The van der Waals surface area contributed by atoms with Crippen molar-refractivity contribution in [2.24, 2.45) is 0 Å². The Hall–Kier alpha value is -2.03. The molecule has 0 unspecified atom stereocenters. The maximum atomic E-state index is 12.4. The lowest BCUT2D eigenvalue weighted by atomic mass is 10.1. The van der Waals surface area contributed by atoms with E-state index in [1.165, 1.54) is 0 Å². The number of hydrogen-bond donors (Lipinski definition) is 1. The van der Waals surface area contributed by atoms with Crippen LogP contribution in [0.15, 0.2) is 44.6 Å². The van der Waals surface area contributed by atoms with Gasteiger partial charge in [-0.3, -0.25) is 4.98 Å². The van der Waals surface area contributed by atoms with Crippen LogP contribution in [0, 0.1) is 13.8 Å². The van der Waals surface area contributed by atoms with Crippen LogP contribution in [0.5, 0.6) is 0 Å². The van der Waals surface area contributed by atoms with E-state index in [-0.39, 0.29) is 17.2 Å². The normalized spacial score (nSPS) is 11.7. The first-order chi connectivity index (χ1) is 11.0. The molecule has 0 bridgehead atoms. The van der Waals surface area contributed by atoms with E-state index in [4.69, 9.17) is 4.52 Å². The maximum absolute atomic E-state index is 12.4. The Labute approximate surface area is 138 Å². The first-order valence-corrected chi connectivity index (χ1v) is 9.30. The van der Waals surface area contributed by atoms with Gasteiger partial charge in [-0.15, -0.1) is 0 Å². The third kappa shape index (κ3) is 3.34. The molecule has 8 heteroatoms. The Morgan fingerprint density at radius 3 is 2.78 bits per heavy atom. The lowest BCUT2D eigenvalue weighted by Gasteiger charge is -2.07. The average molecular weight is 349 g/mol. The molecule has 0 saturated heterocycles. The van der Waals surface area contributed by atoms with Gasteiger partial charge in [-0.1, -0.05) is 5.16 Å². The minimum absolute atomic E-state index is 0.101. The third-order valence-corrected chi connectivity index (χ3v) is 5.67. The van der Waals surface area contributed by atoms with Crippen LogP contribution in [0.25, 0.3) is 11.3 Å². The lowest BCUT2D eigenvalue weighted by Crippen LogP contribution is -2.24. The van der Waals surface area contributed by atoms with Gasteiger partial charge in [0.05, 0.1) is 5.69 Å². The second kappa shape index (κ2) is 6.23. The van der Waals surface area contributed by atoms with E-state index in [0.717, 1.165) is 16.8 Å². The molecule has 0 spiro atoms. The monoisotopic (exact) mass is 349 g/mol. The molecule has 0 aromatic carbocycles. The summed E-state index contributed by atoms with van der Waals surface area (Å²) in [5.41, 5.74) is 3.02. The number of aryl methyl sites for hydroxylation is 2. The van der Waals surface area contributed by atoms with Crippen molar-refractivity contribution in [1.82, 2.24) is 14.9 Å². The second-order valence-electron chi connectivity index (χ2n) is 5.04. The van der Waals surface area contributed by atoms with Gasteiger partial charge < -0.3 is 4.52 Å². The third-order valence-electron chi connectivity index (χ3n) is 3.34. The molecular weight excluding hydrogens is 334 g/mol. The highest BCUT2D eigenvalue weighted by Crippen LogP contribution is 2.22. The quantitative estimate of drug-likeness (QED) is 0.765. The zero-order valence-corrected chi connectivity index (χ0v) is 14.2. The first kappa shape index (κ1) is 15.9. The molecule has 0 amide bonds. The molecule has 0 saturated carbocycles. The maximum Gasteiger partial charge on any atom is 0.246 e. The Bertz CT molecular complexity index is 896. The van der Waals surface area contributed by atoms with Crippen LogP contribution in [-0.4, -0.2) is 18.6 Å². The van der Waals surface area contributed by atoms with Crippen molar-refractivity contribution in [3.63, 3.8) is 0 Å². The summed E-state index contributed by atoms with van der Waals surface area (Å²) < 4.78 is 32.3. The summed E-state index contributed by atoms with van der Waals surface area (Å²) in [6, 6.07) is 5.63. The molecule has 120 valence electrons. The van der Waals surface area contributed by atoms with Crippen LogP contribution in [0.4, 0.5) is 0 Å². The van der Waals surface area contributed by atoms with Gasteiger partial charge in [0, 0.05) is 23.7 Å². The first-order valence-electron chi connectivity index (χ1n) is 6.87. The SMILES string of the molecule is Cc1noc(C)c1S(=O)(=O)NCc1ccnc(-c2ccsc2)c1. The molecular formula is C15H15N3O3S2. The number of sulfonamides is 1. The summed E-state index contributed by atoms with van der Waals surface area (Å²) in [5, 5.41) is 7.66.